The molecule has 0 radical (unpaired) electrons. The first kappa shape index (κ1) is 19.5. The maximum absolute atomic E-state index is 12.0. The van der Waals surface area contributed by atoms with Crippen molar-refractivity contribution in [3.63, 3.8) is 0 Å². The lowest BCUT2D eigenvalue weighted by atomic mass is 10.1. The molecule has 1 aromatic rings. The fourth-order valence-corrected chi connectivity index (χ4v) is 2.08. The zero-order chi connectivity index (χ0) is 17.9. The van der Waals surface area contributed by atoms with Crippen LogP contribution in [0.3, 0.4) is 0 Å². The summed E-state index contributed by atoms with van der Waals surface area (Å²) in [4.78, 5) is 23.9. The Balaban J connectivity index is 2.73. The predicted molar refractivity (Wildman–Crippen MR) is 93.6 cm³/mol. The quantitative estimate of drug-likeness (QED) is 0.434. The van der Waals surface area contributed by atoms with Crippen LogP contribution in [0.2, 0.25) is 0 Å². The molecule has 0 spiro atoms. The second kappa shape index (κ2) is 10.3. The van der Waals surface area contributed by atoms with Gasteiger partial charge in [-0.05, 0) is 25.0 Å². The van der Waals surface area contributed by atoms with Crippen LogP contribution < -0.4 is 20.2 Å². The Morgan fingerprint density at radius 2 is 1.71 bits per heavy atom. The minimum Gasteiger partial charge on any atom is -0.497 e. The zero-order valence-corrected chi connectivity index (χ0v) is 14.6. The van der Waals surface area contributed by atoms with Crippen LogP contribution in [-0.2, 0) is 9.59 Å². The molecule has 0 atom stereocenters. The first-order valence-corrected chi connectivity index (χ1v) is 7.94. The van der Waals surface area contributed by atoms with E-state index >= 15 is 0 Å². The van der Waals surface area contributed by atoms with Gasteiger partial charge in [0.1, 0.15) is 11.5 Å². The fraction of sp³-hybridized carbons (Fsp3) is 0.471. The monoisotopic (exact) mass is 335 g/mol. The van der Waals surface area contributed by atoms with Crippen LogP contribution in [0.25, 0.3) is 0 Å². The van der Waals surface area contributed by atoms with Crippen LogP contribution in [0.5, 0.6) is 11.5 Å². The number of anilines is 1. The van der Waals surface area contributed by atoms with Gasteiger partial charge in [-0.1, -0.05) is 26.7 Å². The third-order valence-corrected chi connectivity index (χ3v) is 3.26. The fourth-order valence-electron chi connectivity index (χ4n) is 2.08. The summed E-state index contributed by atoms with van der Waals surface area (Å²) in [5.41, 5.74) is 3.56. The number of carbonyl (C=O) groups is 2. The average Bonchev–Trinajstić information content (AvgIpc) is 2.59. The van der Waals surface area contributed by atoms with Gasteiger partial charge in [-0.25, -0.2) is 5.43 Å². The summed E-state index contributed by atoms with van der Waals surface area (Å²) in [5, 5.41) is 6.54. The van der Waals surface area contributed by atoms with Gasteiger partial charge < -0.3 is 14.8 Å². The normalized spacial score (nSPS) is 9.83. The number of nitrogens with zero attached hydrogens (tertiary/aromatic N) is 1. The first-order valence-electron chi connectivity index (χ1n) is 7.94. The van der Waals surface area contributed by atoms with E-state index in [2.05, 4.69) is 15.8 Å². The zero-order valence-electron chi connectivity index (χ0n) is 14.6. The van der Waals surface area contributed by atoms with Crippen LogP contribution in [0, 0.1) is 0 Å². The van der Waals surface area contributed by atoms with Crippen molar-refractivity contribution in [1.29, 1.82) is 0 Å². The van der Waals surface area contributed by atoms with Gasteiger partial charge in [-0.15, -0.1) is 0 Å². The van der Waals surface area contributed by atoms with Gasteiger partial charge in [0.15, 0.2) is 0 Å². The second-order valence-electron chi connectivity index (χ2n) is 5.14. The Bertz CT molecular complexity index is 591. The molecule has 0 aliphatic rings. The molecule has 0 fully saturated rings. The van der Waals surface area contributed by atoms with Crippen molar-refractivity contribution in [2.75, 3.05) is 19.5 Å². The highest BCUT2D eigenvalue weighted by Gasteiger charge is 2.16. The third-order valence-electron chi connectivity index (χ3n) is 3.26. The number of nitrogens with one attached hydrogen (secondary N) is 2. The summed E-state index contributed by atoms with van der Waals surface area (Å²) in [7, 11) is 3.00. The number of benzene rings is 1. The number of methoxy groups -OCH3 is 2. The van der Waals surface area contributed by atoms with Gasteiger partial charge in [-0.2, -0.15) is 5.10 Å². The number of rotatable bonds is 8. The summed E-state index contributed by atoms with van der Waals surface area (Å²) in [5.74, 6) is -0.647. The van der Waals surface area contributed by atoms with Gasteiger partial charge in [-0.3, -0.25) is 9.59 Å². The lowest BCUT2D eigenvalue weighted by molar-refractivity contribution is -0.136. The summed E-state index contributed by atoms with van der Waals surface area (Å²) in [6.07, 6.45) is 3.46. The molecule has 132 valence electrons. The Labute approximate surface area is 142 Å². The van der Waals surface area contributed by atoms with Crippen molar-refractivity contribution in [2.24, 2.45) is 5.10 Å². The third kappa shape index (κ3) is 5.91. The number of hydrogen-bond acceptors (Lipinski definition) is 5. The molecule has 0 aromatic heterocycles. The summed E-state index contributed by atoms with van der Waals surface area (Å²) >= 11 is 0. The molecule has 2 amide bonds. The van der Waals surface area contributed by atoms with Crippen molar-refractivity contribution >= 4 is 23.2 Å². The number of amides is 2. The summed E-state index contributed by atoms with van der Waals surface area (Å²) in [6.45, 7) is 4.07. The van der Waals surface area contributed by atoms with E-state index in [9.17, 15) is 9.59 Å². The highest BCUT2D eigenvalue weighted by Crippen LogP contribution is 2.28. The standard InChI is InChI=1S/C17H25N3O4/c1-5-7-12(8-6-2)19-20-17(22)16(21)18-14-10-9-13(23-3)11-15(14)24-4/h9-11H,5-8H2,1-4H3,(H,18,21)(H,20,22). The molecule has 0 unspecified atom stereocenters. The van der Waals surface area contributed by atoms with Crippen LogP contribution in [0.15, 0.2) is 23.3 Å². The topological polar surface area (TPSA) is 89.0 Å². The van der Waals surface area contributed by atoms with Gasteiger partial charge in [0.25, 0.3) is 0 Å². The van der Waals surface area contributed by atoms with Gasteiger partial charge in [0, 0.05) is 11.8 Å². The Kier molecular flexibility index (Phi) is 8.32. The second-order valence-corrected chi connectivity index (χ2v) is 5.14. The molecular weight excluding hydrogens is 310 g/mol. The molecule has 0 heterocycles. The number of hydrazone groups is 1. The lowest BCUT2D eigenvalue weighted by Gasteiger charge is -2.11. The molecule has 0 bridgehead atoms. The SMILES string of the molecule is CCCC(CCC)=NNC(=O)C(=O)Nc1ccc(OC)cc1OC. The van der Waals surface area contributed by atoms with Gasteiger partial charge >= 0.3 is 11.8 Å². The number of carbonyl (C=O) groups excluding carboxylic acids is 2. The molecule has 2 N–H and O–H groups in total. The molecule has 1 aromatic carbocycles. The van der Waals surface area contributed by atoms with E-state index in [1.807, 2.05) is 13.8 Å². The molecule has 24 heavy (non-hydrogen) atoms. The Morgan fingerprint density at radius 1 is 1.04 bits per heavy atom. The molecule has 7 heteroatoms. The van der Waals surface area contributed by atoms with E-state index in [0.29, 0.717) is 17.2 Å². The number of ether oxygens (including phenoxy) is 2. The molecular formula is C17H25N3O4. The minimum absolute atomic E-state index is 0.379. The van der Waals surface area contributed by atoms with E-state index < -0.39 is 11.8 Å². The van der Waals surface area contributed by atoms with Crippen LogP contribution in [-0.4, -0.2) is 31.7 Å². The number of hydrogen-bond donors (Lipinski definition) is 2. The van der Waals surface area contributed by atoms with Gasteiger partial charge in [0.2, 0.25) is 0 Å². The summed E-state index contributed by atoms with van der Waals surface area (Å²) < 4.78 is 10.3. The van der Waals surface area contributed by atoms with Crippen LogP contribution in [0.4, 0.5) is 5.69 Å². The van der Waals surface area contributed by atoms with E-state index in [-0.39, 0.29) is 0 Å². The average molecular weight is 335 g/mol. The molecule has 0 saturated heterocycles. The molecule has 0 aliphatic heterocycles. The van der Waals surface area contributed by atoms with Crippen molar-refractivity contribution in [3.8, 4) is 11.5 Å². The van der Waals surface area contributed by atoms with Crippen LogP contribution >= 0.6 is 0 Å². The highest BCUT2D eigenvalue weighted by molar-refractivity contribution is 6.39. The van der Waals surface area contributed by atoms with Crippen molar-refractivity contribution < 1.29 is 19.1 Å². The maximum atomic E-state index is 12.0. The minimum atomic E-state index is -0.822. The summed E-state index contributed by atoms with van der Waals surface area (Å²) in [6, 6.07) is 4.88. The molecule has 7 nitrogen and oxygen atoms in total. The first-order chi connectivity index (χ1) is 11.5. The Hall–Kier alpha value is -2.57. The van der Waals surface area contributed by atoms with Crippen molar-refractivity contribution in [3.05, 3.63) is 18.2 Å². The Morgan fingerprint density at radius 3 is 2.25 bits per heavy atom. The van der Waals surface area contributed by atoms with E-state index in [1.165, 1.54) is 14.2 Å². The van der Waals surface area contributed by atoms with E-state index in [0.717, 1.165) is 31.4 Å². The van der Waals surface area contributed by atoms with Crippen molar-refractivity contribution in [2.45, 2.75) is 39.5 Å². The molecule has 1 rings (SSSR count). The molecule has 0 aliphatic carbocycles. The molecule has 0 saturated carbocycles. The van der Waals surface area contributed by atoms with Crippen molar-refractivity contribution in [1.82, 2.24) is 5.43 Å². The largest absolute Gasteiger partial charge is 0.497 e. The van der Waals surface area contributed by atoms with Crippen LogP contribution in [0.1, 0.15) is 39.5 Å². The maximum Gasteiger partial charge on any atom is 0.329 e. The highest BCUT2D eigenvalue weighted by atomic mass is 16.5. The van der Waals surface area contributed by atoms with E-state index in [4.69, 9.17) is 9.47 Å². The van der Waals surface area contributed by atoms with E-state index in [1.54, 1.807) is 18.2 Å². The van der Waals surface area contributed by atoms with Gasteiger partial charge in [0.05, 0.1) is 19.9 Å². The predicted octanol–water partition coefficient (Wildman–Crippen LogP) is 2.71. The lowest BCUT2D eigenvalue weighted by Crippen LogP contribution is -2.33. The smallest absolute Gasteiger partial charge is 0.329 e.